The molecule has 0 unspecified atom stereocenters. The molecule has 0 amide bonds. The van der Waals surface area contributed by atoms with E-state index in [1.807, 2.05) is 6.20 Å². The number of hydrogen-bond donors (Lipinski definition) is 1. The quantitative estimate of drug-likeness (QED) is 0.385. The maximum absolute atomic E-state index is 4.55. The second-order valence-corrected chi connectivity index (χ2v) is 7.50. The molecule has 0 saturated carbocycles. The van der Waals surface area contributed by atoms with Crippen molar-refractivity contribution >= 4 is 24.0 Å². The predicted octanol–water partition coefficient (Wildman–Crippen LogP) is 0.293. The van der Waals surface area contributed by atoms with E-state index in [9.17, 15) is 0 Å². The van der Waals surface area contributed by atoms with Crippen LogP contribution in [0.4, 0.5) is 0 Å². The van der Waals surface area contributed by atoms with Crippen molar-refractivity contribution in [3.05, 3.63) is 72.7 Å². The van der Waals surface area contributed by atoms with E-state index in [1.54, 1.807) is 0 Å². The Morgan fingerprint density at radius 2 is 1.35 bits per heavy atom. The van der Waals surface area contributed by atoms with Gasteiger partial charge in [-0.15, -0.1) is 0 Å². The predicted molar refractivity (Wildman–Crippen MR) is 91.4 cm³/mol. The van der Waals surface area contributed by atoms with E-state index in [4.69, 9.17) is 0 Å². The van der Waals surface area contributed by atoms with Crippen LogP contribution >= 0.6 is 7.92 Å². The molecule has 0 aliphatic heterocycles. The van der Waals surface area contributed by atoms with Gasteiger partial charge in [0.1, 0.15) is 5.82 Å². The molecule has 23 heavy (non-hydrogen) atoms. The second kappa shape index (κ2) is 9.42. The number of benzene rings is 2. The molecule has 124 valence electrons. The van der Waals surface area contributed by atoms with Crippen molar-refractivity contribution < 1.29 is 34.8 Å². The smallest absolute Gasteiger partial charge is 1.00 e. The first-order valence-corrected chi connectivity index (χ1v) is 8.55. The van der Waals surface area contributed by atoms with Gasteiger partial charge in [-0.3, -0.25) is 0 Å². The van der Waals surface area contributed by atoms with Crippen molar-refractivity contribution in [3.8, 4) is 0 Å². The molecule has 3 aromatic rings. The van der Waals surface area contributed by atoms with Crippen LogP contribution in [0, 0.1) is 0 Å². The van der Waals surface area contributed by atoms with Gasteiger partial charge in [-0.1, -0.05) is 74.5 Å². The monoisotopic (exact) mass is 526 g/mol. The van der Waals surface area contributed by atoms with E-state index in [1.165, 1.54) is 16.0 Å². The molecule has 2 aromatic carbocycles. The zero-order valence-corrected chi connectivity index (χ0v) is 16.8. The fourth-order valence-electron chi connectivity index (χ4n) is 2.31. The third kappa shape index (κ3) is 4.79. The van der Waals surface area contributed by atoms with Crippen LogP contribution in [0.15, 0.2) is 66.9 Å². The molecule has 0 atom stereocenters. The summed E-state index contributed by atoms with van der Waals surface area (Å²) in [5.41, 5.74) is 1.21. The Balaban J connectivity index is 0.00000132. The van der Waals surface area contributed by atoms with Gasteiger partial charge in [0.2, 0.25) is 0 Å². The topological polar surface area (TPSA) is 28.7 Å². The fourth-order valence-corrected chi connectivity index (χ4v) is 4.51. The molecule has 1 aromatic heterocycles. The summed E-state index contributed by atoms with van der Waals surface area (Å²) >= 11 is 0. The van der Waals surface area contributed by atoms with Crippen molar-refractivity contribution in [2.75, 3.05) is 0 Å². The number of aromatic nitrogens is 2. The van der Waals surface area contributed by atoms with Crippen molar-refractivity contribution in [2.24, 2.45) is 0 Å². The number of rotatable bonds is 4. The van der Waals surface area contributed by atoms with E-state index in [-0.39, 0.29) is 34.8 Å². The molecule has 0 aliphatic rings. The van der Waals surface area contributed by atoms with E-state index >= 15 is 0 Å². The van der Waals surface area contributed by atoms with E-state index in [0.29, 0.717) is 5.92 Å². The van der Waals surface area contributed by atoms with E-state index < -0.39 is 7.92 Å². The molecule has 0 bridgehead atoms. The average Bonchev–Trinajstić information content (AvgIpc) is 3.00. The Kier molecular flexibility index (Phi) is 8.25. The number of H-pyrrole nitrogens is 1. The van der Waals surface area contributed by atoms with Crippen molar-refractivity contribution in [2.45, 2.75) is 19.8 Å². The number of imidazole rings is 1. The summed E-state index contributed by atoms with van der Waals surface area (Å²) in [6, 6.07) is 21.4. The summed E-state index contributed by atoms with van der Waals surface area (Å²) in [7, 11) is -0.568. The van der Waals surface area contributed by atoms with Crippen molar-refractivity contribution in [1.82, 2.24) is 9.97 Å². The standard InChI is InChI=1S/C18H19N2P.Au.ClH/c1-14(2)18-19-13-17(20-18)21(15-9-5-3-6-10-15)16-11-7-4-8-12-16;;/h3-14H,1-2H3,(H,19,20);;1H/q;+1;/p-1. The molecule has 0 spiro atoms. The maximum Gasteiger partial charge on any atom is 1.00 e. The van der Waals surface area contributed by atoms with Crippen LogP contribution in [0.5, 0.6) is 0 Å². The van der Waals surface area contributed by atoms with Gasteiger partial charge in [0.25, 0.3) is 0 Å². The SMILES string of the molecule is CC(C)c1ncc(P(c2ccccc2)c2ccccc2)[nH]1.[Au+].[Cl-]. The third-order valence-electron chi connectivity index (χ3n) is 3.40. The van der Waals surface area contributed by atoms with Crippen LogP contribution in [0.1, 0.15) is 25.6 Å². The number of nitrogens with zero attached hydrogens (tertiary/aromatic N) is 1. The van der Waals surface area contributed by atoms with Crippen LogP contribution in [-0.4, -0.2) is 9.97 Å². The summed E-state index contributed by atoms with van der Waals surface area (Å²) in [5.74, 6) is 1.48. The van der Waals surface area contributed by atoms with Crippen molar-refractivity contribution in [1.29, 1.82) is 0 Å². The Bertz CT molecular complexity index is 662. The van der Waals surface area contributed by atoms with E-state index in [2.05, 4.69) is 84.5 Å². The molecular weight excluding hydrogens is 508 g/mol. The Labute approximate surface area is 160 Å². The average molecular weight is 527 g/mol. The fraction of sp³-hybridized carbons (Fsp3) is 0.167. The van der Waals surface area contributed by atoms with Crippen LogP contribution in [0.25, 0.3) is 0 Å². The Morgan fingerprint density at radius 1 is 0.870 bits per heavy atom. The Hall–Kier alpha value is -0.890. The molecule has 1 N–H and O–H groups in total. The van der Waals surface area contributed by atoms with Gasteiger partial charge in [-0.2, -0.15) is 0 Å². The number of hydrogen-bond acceptors (Lipinski definition) is 1. The molecule has 0 radical (unpaired) electrons. The summed E-state index contributed by atoms with van der Waals surface area (Å²) in [4.78, 5) is 8.08. The Morgan fingerprint density at radius 3 is 1.74 bits per heavy atom. The van der Waals surface area contributed by atoms with Crippen LogP contribution in [-0.2, 0) is 22.4 Å². The molecule has 5 heteroatoms. The van der Waals surface area contributed by atoms with E-state index in [0.717, 1.165) is 5.82 Å². The van der Waals surface area contributed by atoms with Gasteiger partial charge >= 0.3 is 22.4 Å². The minimum absolute atomic E-state index is 0. The molecule has 3 rings (SSSR count). The largest absolute Gasteiger partial charge is 1.00 e. The van der Waals surface area contributed by atoms with Crippen LogP contribution in [0.3, 0.4) is 0 Å². The zero-order valence-electron chi connectivity index (χ0n) is 13.0. The maximum atomic E-state index is 4.55. The minimum atomic E-state index is -0.568. The van der Waals surface area contributed by atoms with Gasteiger partial charge in [-0.25, -0.2) is 4.98 Å². The normalized spacial score (nSPS) is 10.3. The first kappa shape index (κ1) is 20.2. The van der Waals surface area contributed by atoms with Gasteiger partial charge in [-0.05, 0) is 10.6 Å². The van der Waals surface area contributed by atoms with Gasteiger partial charge in [0, 0.05) is 13.8 Å². The van der Waals surface area contributed by atoms with Gasteiger partial charge in [0.05, 0.1) is 11.6 Å². The summed E-state index contributed by atoms with van der Waals surface area (Å²) in [6.07, 6.45) is 2.00. The van der Waals surface area contributed by atoms with Crippen molar-refractivity contribution in [3.63, 3.8) is 0 Å². The number of nitrogens with one attached hydrogen (secondary N) is 1. The molecule has 0 aliphatic carbocycles. The summed E-state index contributed by atoms with van der Waals surface area (Å²) < 4.78 is 0. The molecular formula is C18H19AuClN2P. The first-order chi connectivity index (χ1) is 10.3. The summed E-state index contributed by atoms with van der Waals surface area (Å²) in [6.45, 7) is 4.33. The number of aromatic amines is 1. The summed E-state index contributed by atoms with van der Waals surface area (Å²) in [5, 5.41) is 2.69. The van der Waals surface area contributed by atoms with Crippen LogP contribution < -0.4 is 28.5 Å². The third-order valence-corrected chi connectivity index (χ3v) is 5.74. The molecule has 2 nitrogen and oxygen atoms in total. The second-order valence-electron chi connectivity index (χ2n) is 5.31. The van der Waals surface area contributed by atoms with Crippen LogP contribution in [0.2, 0.25) is 0 Å². The minimum Gasteiger partial charge on any atom is -1.00 e. The first-order valence-electron chi connectivity index (χ1n) is 7.21. The van der Waals surface area contributed by atoms with Gasteiger partial charge in [0.15, 0.2) is 0 Å². The molecule has 0 fully saturated rings. The molecule has 1 heterocycles. The van der Waals surface area contributed by atoms with Gasteiger partial charge < -0.3 is 17.4 Å². The number of halogens is 1. The zero-order chi connectivity index (χ0) is 14.7. The molecule has 0 saturated heterocycles.